The first-order valence-electron chi connectivity index (χ1n) is 5.83. The van der Waals surface area contributed by atoms with Crippen LogP contribution in [0.5, 0.6) is 5.75 Å². The second-order valence-corrected chi connectivity index (χ2v) is 4.04. The van der Waals surface area contributed by atoms with E-state index in [1.54, 1.807) is 19.2 Å². The molecule has 2 aromatic rings. The molecular weight excluding hydrogens is 262 g/mol. The molecule has 2 N–H and O–H groups in total. The maximum absolute atomic E-state index is 11.8. The van der Waals surface area contributed by atoms with Crippen molar-refractivity contribution in [3.05, 3.63) is 53.5 Å². The molecule has 104 valence electrons. The number of amides is 1. The summed E-state index contributed by atoms with van der Waals surface area (Å²) in [5.74, 6) is -0.899. The average Bonchev–Trinajstić information content (AvgIpc) is 2.95. The Bertz CT molecular complexity index is 615. The van der Waals surface area contributed by atoms with Crippen LogP contribution in [0, 0.1) is 0 Å². The quantitative estimate of drug-likeness (QED) is 0.870. The Kier molecular flexibility index (Phi) is 4.05. The monoisotopic (exact) mass is 275 g/mol. The van der Waals surface area contributed by atoms with Gasteiger partial charge in [0.1, 0.15) is 12.0 Å². The summed E-state index contributed by atoms with van der Waals surface area (Å²) in [6.07, 6.45) is 1.03. The maximum Gasteiger partial charge on any atom is 0.338 e. The predicted molar refractivity (Wildman–Crippen MR) is 69.8 cm³/mol. The standard InChI is InChI=1S/C14H13NO5/c1-19-11-4-2-9(3-5-11)7-15-13(16)12-6-10(8-20-12)14(17)18/h2-6,8H,7H2,1H3,(H,15,16)(H,17,18). The van der Waals surface area contributed by atoms with Crippen molar-refractivity contribution in [2.24, 2.45) is 0 Å². The van der Waals surface area contributed by atoms with E-state index in [2.05, 4.69) is 5.32 Å². The number of aromatic carboxylic acids is 1. The van der Waals surface area contributed by atoms with Gasteiger partial charge in [-0.15, -0.1) is 0 Å². The molecule has 0 saturated heterocycles. The third-order valence-corrected chi connectivity index (χ3v) is 2.68. The van der Waals surface area contributed by atoms with Crippen LogP contribution in [0.4, 0.5) is 0 Å². The van der Waals surface area contributed by atoms with Gasteiger partial charge in [-0.1, -0.05) is 12.1 Å². The van der Waals surface area contributed by atoms with Crippen LogP contribution in [0.15, 0.2) is 41.0 Å². The van der Waals surface area contributed by atoms with E-state index in [0.29, 0.717) is 6.54 Å². The van der Waals surface area contributed by atoms with Crippen molar-refractivity contribution in [1.82, 2.24) is 5.32 Å². The minimum absolute atomic E-state index is 0.0316. The van der Waals surface area contributed by atoms with Crippen molar-refractivity contribution in [1.29, 1.82) is 0 Å². The lowest BCUT2D eigenvalue weighted by atomic mass is 10.2. The zero-order valence-corrected chi connectivity index (χ0v) is 10.8. The van der Waals surface area contributed by atoms with Gasteiger partial charge < -0.3 is 19.6 Å². The lowest BCUT2D eigenvalue weighted by Crippen LogP contribution is -2.22. The molecule has 2 rings (SSSR count). The Morgan fingerprint density at radius 1 is 1.30 bits per heavy atom. The van der Waals surface area contributed by atoms with Gasteiger partial charge in [0.25, 0.3) is 5.91 Å². The van der Waals surface area contributed by atoms with Crippen LogP contribution < -0.4 is 10.1 Å². The maximum atomic E-state index is 11.8. The summed E-state index contributed by atoms with van der Waals surface area (Å²) in [4.78, 5) is 22.4. The van der Waals surface area contributed by atoms with Crippen LogP contribution in [-0.2, 0) is 6.54 Å². The van der Waals surface area contributed by atoms with Crippen LogP contribution in [-0.4, -0.2) is 24.1 Å². The predicted octanol–water partition coefficient (Wildman–Crippen LogP) is 1.92. The summed E-state index contributed by atoms with van der Waals surface area (Å²) in [6.45, 7) is 0.311. The highest BCUT2D eigenvalue weighted by atomic mass is 16.5. The Morgan fingerprint density at radius 2 is 2.00 bits per heavy atom. The van der Waals surface area contributed by atoms with E-state index in [9.17, 15) is 9.59 Å². The summed E-state index contributed by atoms with van der Waals surface area (Å²) in [5.41, 5.74) is 0.837. The number of ether oxygens (including phenoxy) is 1. The summed E-state index contributed by atoms with van der Waals surface area (Å²) >= 11 is 0. The number of hydrogen-bond acceptors (Lipinski definition) is 4. The molecule has 0 aliphatic carbocycles. The number of carboxylic acid groups (broad SMARTS) is 1. The van der Waals surface area contributed by atoms with Gasteiger partial charge in [-0.05, 0) is 17.7 Å². The van der Waals surface area contributed by atoms with Gasteiger partial charge in [0.05, 0.1) is 12.7 Å². The third-order valence-electron chi connectivity index (χ3n) is 2.68. The highest BCUT2D eigenvalue weighted by molar-refractivity contribution is 5.95. The minimum atomic E-state index is -1.14. The van der Waals surface area contributed by atoms with E-state index in [4.69, 9.17) is 14.3 Å². The fraction of sp³-hybridized carbons (Fsp3) is 0.143. The molecule has 0 radical (unpaired) electrons. The molecule has 1 aromatic carbocycles. The normalized spacial score (nSPS) is 10.1. The van der Waals surface area contributed by atoms with Gasteiger partial charge in [-0.2, -0.15) is 0 Å². The lowest BCUT2D eigenvalue weighted by molar-refractivity contribution is 0.0696. The molecule has 0 aliphatic rings. The van der Waals surface area contributed by atoms with Crippen molar-refractivity contribution in [3.8, 4) is 5.75 Å². The summed E-state index contributed by atoms with van der Waals surface area (Å²) in [6, 6.07) is 8.41. The molecule has 0 atom stereocenters. The van der Waals surface area contributed by atoms with Crippen molar-refractivity contribution in [2.45, 2.75) is 6.54 Å². The second kappa shape index (κ2) is 5.92. The number of methoxy groups -OCH3 is 1. The minimum Gasteiger partial charge on any atom is -0.497 e. The number of furan rings is 1. The molecule has 6 heteroatoms. The summed E-state index contributed by atoms with van der Waals surface area (Å²) < 4.78 is 9.93. The first kappa shape index (κ1) is 13.7. The highest BCUT2D eigenvalue weighted by Gasteiger charge is 2.14. The SMILES string of the molecule is COc1ccc(CNC(=O)c2cc(C(=O)O)co2)cc1. The van der Waals surface area contributed by atoms with Crippen LogP contribution in [0.2, 0.25) is 0 Å². The number of rotatable bonds is 5. The molecule has 0 bridgehead atoms. The van der Waals surface area contributed by atoms with E-state index in [1.807, 2.05) is 12.1 Å². The molecule has 0 spiro atoms. The first-order valence-corrected chi connectivity index (χ1v) is 5.83. The van der Waals surface area contributed by atoms with E-state index >= 15 is 0 Å². The third kappa shape index (κ3) is 3.17. The Hall–Kier alpha value is -2.76. The molecule has 0 saturated carbocycles. The van der Waals surface area contributed by atoms with Crippen LogP contribution >= 0.6 is 0 Å². The highest BCUT2D eigenvalue weighted by Crippen LogP contribution is 2.12. The summed E-state index contributed by atoms with van der Waals surface area (Å²) in [7, 11) is 1.58. The van der Waals surface area contributed by atoms with E-state index in [-0.39, 0.29) is 11.3 Å². The van der Waals surface area contributed by atoms with Crippen molar-refractivity contribution < 1.29 is 23.8 Å². The zero-order valence-electron chi connectivity index (χ0n) is 10.8. The van der Waals surface area contributed by atoms with Crippen molar-refractivity contribution in [2.75, 3.05) is 7.11 Å². The van der Waals surface area contributed by atoms with Crippen molar-refractivity contribution >= 4 is 11.9 Å². The molecular formula is C14H13NO5. The largest absolute Gasteiger partial charge is 0.497 e. The van der Waals surface area contributed by atoms with Gasteiger partial charge >= 0.3 is 5.97 Å². The summed E-state index contributed by atoms with van der Waals surface area (Å²) in [5, 5.41) is 11.4. The zero-order chi connectivity index (χ0) is 14.5. The number of benzene rings is 1. The Morgan fingerprint density at radius 3 is 2.55 bits per heavy atom. The van der Waals surface area contributed by atoms with Gasteiger partial charge in [-0.3, -0.25) is 4.79 Å². The Balaban J connectivity index is 1.95. The van der Waals surface area contributed by atoms with Gasteiger partial charge in [0.15, 0.2) is 5.76 Å². The molecule has 1 amide bonds. The van der Waals surface area contributed by atoms with Crippen LogP contribution in [0.25, 0.3) is 0 Å². The molecule has 6 nitrogen and oxygen atoms in total. The van der Waals surface area contributed by atoms with Crippen molar-refractivity contribution in [3.63, 3.8) is 0 Å². The van der Waals surface area contributed by atoms with Gasteiger partial charge in [0, 0.05) is 12.6 Å². The van der Waals surface area contributed by atoms with Crippen LogP contribution in [0.1, 0.15) is 26.5 Å². The van der Waals surface area contributed by atoms with E-state index in [1.165, 1.54) is 6.07 Å². The molecule has 0 unspecified atom stereocenters. The fourth-order valence-corrected chi connectivity index (χ4v) is 1.58. The number of carboxylic acids is 1. The van der Waals surface area contributed by atoms with Gasteiger partial charge in [-0.25, -0.2) is 4.79 Å². The molecule has 0 aliphatic heterocycles. The fourth-order valence-electron chi connectivity index (χ4n) is 1.58. The second-order valence-electron chi connectivity index (χ2n) is 4.04. The van der Waals surface area contributed by atoms with Gasteiger partial charge in [0.2, 0.25) is 0 Å². The van der Waals surface area contributed by atoms with Crippen LogP contribution in [0.3, 0.4) is 0 Å². The number of hydrogen-bond donors (Lipinski definition) is 2. The van der Waals surface area contributed by atoms with E-state index < -0.39 is 11.9 Å². The smallest absolute Gasteiger partial charge is 0.338 e. The van der Waals surface area contributed by atoms with E-state index in [0.717, 1.165) is 17.6 Å². The number of carbonyl (C=O) groups is 2. The molecule has 20 heavy (non-hydrogen) atoms. The number of nitrogens with one attached hydrogen (secondary N) is 1. The Labute approximate surface area is 115 Å². The molecule has 1 aromatic heterocycles. The molecule has 1 heterocycles. The topological polar surface area (TPSA) is 88.8 Å². The average molecular weight is 275 g/mol. The lowest BCUT2D eigenvalue weighted by Gasteiger charge is -2.04. The number of carbonyl (C=O) groups excluding carboxylic acids is 1. The first-order chi connectivity index (χ1) is 9.60. The molecule has 0 fully saturated rings.